The summed E-state index contributed by atoms with van der Waals surface area (Å²) in [6, 6.07) is 10.8. The highest BCUT2D eigenvalue weighted by Crippen LogP contribution is 2.38. The van der Waals surface area contributed by atoms with Gasteiger partial charge < -0.3 is 14.6 Å². The van der Waals surface area contributed by atoms with Crippen LogP contribution in [0.3, 0.4) is 0 Å². The maximum atomic E-state index is 13.3. The molecule has 5 nitrogen and oxygen atoms in total. The molecule has 2 aromatic heterocycles. The molecule has 28 heavy (non-hydrogen) atoms. The van der Waals surface area contributed by atoms with Crippen molar-refractivity contribution in [2.24, 2.45) is 0 Å². The number of hydrogen-bond donors (Lipinski definition) is 1. The molecule has 3 aromatic rings. The van der Waals surface area contributed by atoms with Crippen molar-refractivity contribution >= 4 is 17.2 Å². The van der Waals surface area contributed by atoms with E-state index < -0.39 is 0 Å². The van der Waals surface area contributed by atoms with Gasteiger partial charge in [-0.2, -0.15) is 0 Å². The smallest absolute Gasteiger partial charge is 0.255 e. The van der Waals surface area contributed by atoms with Crippen LogP contribution < -0.4 is 5.32 Å². The first-order chi connectivity index (χ1) is 13.6. The second-order valence-corrected chi connectivity index (χ2v) is 8.02. The van der Waals surface area contributed by atoms with E-state index in [1.54, 1.807) is 0 Å². The van der Waals surface area contributed by atoms with Crippen LogP contribution in [0.25, 0.3) is 5.65 Å². The van der Waals surface area contributed by atoms with Crippen molar-refractivity contribution in [2.45, 2.75) is 45.6 Å². The van der Waals surface area contributed by atoms with Crippen molar-refractivity contribution in [3.63, 3.8) is 0 Å². The summed E-state index contributed by atoms with van der Waals surface area (Å²) in [5.74, 6) is 0.168. The second kappa shape index (κ2) is 6.66. The normalized spacial score (nSPS) is 18.9. The van der Waals surface area contributed by atoms with Gasteiger partial charge in [0.05, 0.1) is 23.0 Å². The lowest BCUT2D eigenvalue weighted by Crippen LogP contribution is -2.30. The van der Waals surface area contributed by atoms with Gasteiger partial charge in [-0.25, -0.2) is 4.98 Å². The molecular weight excluding hydrogens is 348 g/mol. The van der Waals surface area contributed by atoms with Crippen LogP contribution in [0.2, 0.25) is 0 Å². The van der Waals surface area contributed by atoms with Crippen molar-refractivity contribution in [1.29, 1.82) is 0 Å². The van der Waals surface area contributed by atoms with E-state index >= 15 is 0 Å². The van der Waals surface area contributed by atoms with Gasteiger partial charge in [-0.15, -0.1) is 0 Å². The monoisotopic (exact) mass is 374 g/mol. The molecule has 2 aliphatic heterocycles. The predicted molar refractivity (Wildman–Crippen MR) is 111 cm³/mol. The van der Waals surface area contributed by atoms with Crippen LogP contribution in [0.1, 0.15) is 58.2 Å². The number of benzene rings is 1. The third-order valence-corrected chi connectivity index (χ3v) is 6.32. The number of imidazole rings is 1. The van der Waals surface area contributed by atoms with Crippen LogP contribution in [-0.2, 0) is 6.42 Å². The predicted octanol–water partition coefficient (Wildman–Crippen LogP) is 4.29. The zero-order valence-corrected chi connectivity index (χ0v) is 16.5. The van der Waals surface area contributed by atoms with Gasteiger partial charge in [0.15, 0.2) is 5.65 Å². The average molecular weight is 374 g/mol. The number of amides is 1. The summed E-state index contributed by atoms with van der Waals surface area (Å²) in [6.45, 7) is 5.85. The number of rotatable bonds is 2. The summed E-state index contributed by atoms with van der Waals surface area (Å²) in [6.07, 6.45) is 6.10. The van der Waals surface area contributed by atoms with E-state index in [9.17, 15) is 4.79 Å². The zero-order valence-electron chi connectivity index (χ0n) is 16.5. The van der Waals surface area contributed by atoms with Crippen LogP contribution in [0, 0.1) is 13.8 Å². The van der Waals surface area contributed by atoms with E-state index in [0.29, 0.717) is 0 Å². The van der Waals surface area contributed by atoms with Gasteiger partial charge in [0.1, 0.15) is 0 Å². The van der Waals surface area contributed by atoms with E-state index in [1.807, 2.05) is 24.1 Å². The van der Waals surface area contributed by atoms with Gasteiger partial charge in [0, 0.05) is 25.0 Å². The molecule has 0 bridgehead atoms. The first-order valence-electron chi connectivity index (χ1n) is 10.3. The summed E-state index contributed by atoms with van der Waals surface area (Å²) in [7, 11) is 0. The molecule has 0 saturated carbocycles. The van der Waals surface area contributed by atoms with Gasteiger partial charge in [-0.1, -0.05) is 30.3 Å². The van der Waals surface area contributed by atoms with Crippen LogP contribution in [-0.4, -0.2) is 33.3 Å². The quantitative estimate of drug-likeness (QED) is 0.728. The first kappa shape index (κ1) is 17.3. The Morgan fingerprint density at radius 3 is 2.64 bits per heavy atom. The summed E-state index contributed by atoms with van der Waals surface area (Å²) in [4.78, 5) is 20.1. The summed E-state index contributed by atoms with van der Waals surface area (Å²) in [5, 5.41) is 3.73. The van der Waals surface area contributed by atoms with E-state index in [0.717, 1.165) is 72.6 Å². The molecule has 5 rings (SSSR count). The average Bonchev–Trinajstić information content (AvgIpc) is 3.37. The van der Waals surface area contributed by atoms with Crippen LogP contribution in [0.5, 0.6) is 0 Å². The van der Waals surface area contributed by atoms with Gasteiger partial charge in [-0.05, 0) is 50.7 Å². The lowest BCUT2D eigenvalue weighted by atomic mass is 9.91. The Bertz CT molecular complexity index is 1050. The Morgan fingerprint density at radius 1 is 1.14 bits per heavy atom. The fourth-order valence-electron chi connectivity index (χ4n) is 4.59. The minimum Gasteiger partial charge on any atom is -0.375 e. The number of pyridine rings is 1. The van der Waals surface area contributed by atoms with Crippen molar-refractivity contribution in [3.8, 4) is 0 Å². The van der Waals surface area contributed by atoms with Crippen LogP contribution >= 0.6 is 0 Å². The number of nitrogens with one attached hydrogen (secondary N) is 1. The number of carbonyl (C=O) groups excluding carboxylic acids is 1. The van der Waals surface area contributed by atoms with Gasteiger partial charge in [-0.3, -0.25) is 4.79 Å². The number of aromatic nitrogens is 2. The molecule has 0 unspecified atom stereocenters. The van der Waals surface area contributed by atoms with E-state index in [4.69, 9.17) is 4.98 Å². The van der Waals surface area contributed by atoms with E-state index in [1.165, 1.54) is 5.56 Å². The highest BCUT2D eigenvalue weighted by atomic mass is 16.2. The van der Waals surface area contributed by atoms with E-state index in [2.05, 4.69) is 40.9 Å². The van der Waals surface area contributed by atoms with Crippen molar-refractivity contribution in [2.75, 3.05) is 18.4 Å². The molecule has 2 aliphatic rings. The standard InChI is InChI=1S/C23H26N4O/c1-15-16(2)27-14-19(23(28)26-12-6-7-13-26)18-10-11-20(17-8-4-3-5-9-17)25-21(18)22(27)24-15/h3-5,8-9,14,20,25H,6-7,10-13H2,1-2H3/t20-/m0/s1. The highest BCUT2D eigenvalue weighted by Gasteiger charge is 2.30. The molecule has 1 N–H and O–H groups in total. The Hall–Kier alpha value is -2.82. The summed E-state index contributed by atoms with van der Waals surface area (Å²) < 4.78 is 2.10. The number of carbonyl (C=O) groups is 1. The van der Waals surface area contributed by atoms with Crippen LogP contribution in [0.4, 0.5) is 5.69 Å². The number of likely N-dealkylation sites (tertiary alicyclic amines) is 1. The summed E-state index contributed by atoms with van der Waals surface area (Å²) >= 11 is 0. The molecule has 1 amide bonds. The molecule has 1 fully saturated rings. The number of fused-ring (bicyclic) bond motifs is 3. The van der Waals surface area contributed by atoms with Crippen molar-refractivity contribution < 1.29 is 4.79 Å². The topological polar surface area (TPSA) is 49.6 Å². The molecule has 1 saturated heterocycles. The SMILES string of the molecule is Cc1nc2c3c(c(C(=O)N4CCCC4)cn2c1C)CC[C@@H](c1ccccc1)N3. The van der Waals surface area contributed by atoms with Gasteiger partial charge in [0.2, 0.25) is 0 Å². The Labute approximate surface area is 165 Å². The number of nitrogens with zero attached hydrogens (tertiary/aromatic N) is 3. The first-order valence-corrected chi connectivity index (χ1v) is 10.3. The zero-order chi connectivity index (χ0) is 19.3. The third kappa shape index (κ3) is 2.68. The number of aryl methyl sites for hydroxylation is 2. The third-order valence-electron chi connectivity index (χ3n) is 6.32. The lowest BCUT2D eigenvalue weighted by molar-refractivity contribution is 0.0791. The minimum absolute atomic E-state index is 0.168. The maximum absolute atomic E-state index is 13.3. The molecule has 5 heteroatoms. The minimum atomic E-state index is 0.168. The molecule has 4 heterocycles. The largest absolute Gasteiger partial charge is 0.375 e. The molecule has 0 radical (unpaired) electrons. The molecule has 1 atom stereocenters. The molecule has 144 valence electrons. The Balaban J connectivity index is 1.65. The highest BCUT2D eigenvalue weighted by molar-refractivity contribution is 5.99. The number of hydrogen-bond acceptors (Lipinski definition) is 3. The fourth-order valence-corrected chi connectivity index (χ4v) is 4.59. The Morgan fingerprint density at radius 2 is 1.89 bits per heavy atom. The maximum Gasteiger partial charge on any atom is 0.255 e. The molecule has 0 aliphatic carbocycles. The van der Waals surface area contributed by atoms with Gasteiger partial charge in [0.25, 0.3) is 5.91 Å². The van der Waals surface area contributed by atoms with Crippen LogP contribution in [0.15, 0.2) is 36.5 Å². The second-order valence-electron chi connectivity index (χ2n) is 8.02. The number of anilines is 1. The summed E-state index contributed by atoms with van der Waals surface area (Å²) in [5.41, 5.74) is 7.31. The van der Waals surface area contributed by atoms with E-state index in [-0.39, 0.29) is 11.9 Å². The fraction of sp³-hybridized carbons (Fsp3) is 0.391. The Kier molecular flexibility index (Phi) is 4.11. The molecule has 1 aromatic carbocycles. The van der Waals surface area contributed by atoms with Crippen molar-refractivity contribution in [3.05, 3.63) is 64.6 Å². The van der Waals surface area contributed by atoms with Crippen molar-refractivity contribution in [1.82, 2.24) is 14.3 Å². The molecular formula is C23H26N4O. The lowest BCUT2D eigenvalue weighted by Gasteiger charge is -2.30. The molecule has 0 spiro atoms. The van der Waals surface area contributed by atoms with Gasteiger partial charge >= 0.3 is 0 Å².